The third kappa shape index (κ3) is 4.18. The Kier molecular flexibility index (Phi) is 5.20. The molecule has 1 saturated heterocycles. The number of amides is 4. The van der Waals surface area contributed by atoms with Gasteiger partial charge in [-0.05, 0) is 19.4 Å². The largest absolute Gasteiger partial charge is 0.433 e. The molecule has 2 heterocycles. The third-order valence-corrected chi connectivity index (χ3v) is 4.32. The lowest BCUT2D eigenvalue weighted by Gasteiger charge is -2.19. The summed E-state index contributed by atoms with van der Waals surface area (Å²) in [4.78, 5) is 42.6. The number of rotatable bonds is 5. The van der Waals surface area contributed by atoms with Gasteiger partial charge in [-0.25, -0.2) is 14.8 Å². The van der Waals surface area contributed by atoms with Gasteiger partial charge in [0.1, 0.15) is 11.2 Å². The van der Waals surface area contributed by atoms with Gasteiger partial charge in [-0.1, -0.05) is 18.7 Å². The quantitative estimate of drug-likeness (QED) is 0.456. The molecule has 25 heavy (non-hydrogen) atoms. The standard InChI is InChI=1S/C13H14F3N5O3S/c1-3-12(2)9(23)21(11(24)19-12)20-8(22)6-25-10-17-5-4-7(18-10)13(14,15)16/h4-5H,3,6H2,1-2H3,(H,19,24)(H,20,22). The molecule has 2 N–H and O–H groups in total. The molecule has 1 aromatic heterocycles. The minimum atomic E-state index is -4.62. The number of alkyl halides is 3. The normalized spacial score (nSPS) is 20.6. The van der Waals surface area contributed by atoms with Crippen molar-refractivity contribution in [1.82, 2.24) is 25.7 Å². The number of nitrogens with zero attached hydrogens (tertiary/aromatic N) is 3. The van der Waals surface area contributed by atoms with Crippen LogP contribution in [0.15, 0.2) is 17.4 Å². The Hall–Kier alpha value is -2.37. The van der Waals surface area contributed by atoms with Gasteiger partial charge in [0.2, 0.25) is 5.91 Å². The molecule has 0 radical (unpaired) electrons. The maximum atomic E-state index is 12.6. The van der Waals surface area contributed by atoms with E-state index in [-0.39, 0.29) is 10.9 Å². The molecule has 1 fully saturated rings. The van der Waals surface area contributed by atoms with Gasteiger partial charge in [0.25, 0.3) is 5.91 Å². The van der Waals surface area contributed by atoms with Crippen LogP contribution in [0.1, 0.15) is 26.0 Å². The minimum Gasteiger partial charge on any atom is -0.322 e. The smallest absolute Gasteiger partial charge is 0.322 e. The van der Waals surface area contributed by atoms with E-state index in [9.17, 15) is 27.6 Å². The number of halogens is 3. The van der Waals surface area contributed by atoms with Gasteiger partial charge in [-0.3, -0.25) is 15.0 Å². The molecule has 0 aromatic carbocycles. The van der Waals surface area contributed by atoms with Crippen LogP contribution in [0, 0.1) is 0 Å². The van der Waals surface area contributed by atoms with Gasteiger partial charge in [0.05, 0.1) is 5.75 Å². The molecule has 4 amide bonds. The van der Waals surface area contributed by atoms with Crippen molar-refractivity contribution in [3.63, 3.8) is 0 Å². The summed E-state index contributed by atoms with van der Waals surface area (Å²) in [5.74, 6) is -1.75. The van der Waals surface area contributed by atoms with E-state index in [2.05, 4.69) is 20.7 Å². The van der Waals surface area contributed by atoms with Crippen molar-refractivity contribution in [3.8, 4) is 0 Å². The van der Waals surface area contributed by atoms with E-state index in [1.165, 1.54) is 6.92 Å². The second-order valence-corrected chi connectivity index (χ2v) is 6.24. The molecule has 1 atom stereocenters. The first-order chi connectivity index (χ1) is 11.6. The van der Waals surface area contributed by atoms with Crippen molar-refractivity contribution in [2.75, 3.05) is 5.75 Å². The van der Waals surface area contributed by atoms with Crippen LogP contribution in [-0.4, -0.2) is 44.1 Å². The summed E-state index contributed by atoms with van der Waals surface area (Å²) >= 11 is 0.646. The zero-order valence-corrected chi connectivity index (χ0v) is 14.0. The van der Waals surface area contributed by atoms with Crippen LogP contribution in [0.3, 0.4) is 0 Å². The Morgan fingerprint density at radius 3 is 2.68 bits per heavy atom. The lowest BCUT2D eigenvalue weighted by Crippen LogP contribution is -2.49. The highest BCUT2D eigenvalue weighted by Crippen LogP contribution is 2.28. The molecule has 1 aliphatic rings. The number of imide groups is 1. The Morgan fingerprint density at radius 2 is 2.12 bits per heavy atom. The number of hydrogen-bond donors (Lipinski definition) is 2. The average molecular weight is 377 g/mol. The number of nitrogens with one attached hydrogen (secondary N) is 2. The van der Waals surface area contributed by atoms with Crippen molar-refractivity contribution >= 4 is 29.6 Å². The predicted molar refractivity (Wildman–Crippen MR) is 80.0 cm³/mol. The maximum Gasteiger partial charge on any atom is 0.433 e. The summed E-state index contributed by atoms with van der Waals surface area (Å²) in [6, 6.07) is -0.0637. The van der Waals surface area contributed by atoms with E-state index in [1.54, 1.807) is 6.92 Å². The molecule has 1 aliphatic heterocycles. The lowest BCUT2D eigenvalue weighted by molar-refractivity contribution is -0.141. The van der Waals surface area contributed by atoms with Crippen LogP contribution in [0.25, 0.3) is 0 Å². The number of aromatic nitrogens is 2. The summed E-state index contributed by atoms with van der Waals surface area (Å²) in [5, 5.41) is 2.75. The molecular weight excluding hydrogens is 363 g/mol. The highest BCUT2D eigenvalue weighted by Gasteiger charge is 2.47. The molecule has 1 aromatic rings. The molecular formula is C13H14F3N5O3S. The summed E-state index contributed by atoms with van der Waals surface area (Å²) in [6.45, 7) is 3.22. The molecule has 0 aliphatic carbocycles. The molecule has 0 saturated carbocycles. The van der Waals surface area contributed by atoms with E-state index < -0.39 is 35.3 Å². The van der Waals surface area contributed by atoms with Crippen molar-refractivity contribution in [3.05, 3.63) is 18.0 Å². The highest BCUT2D eigenvalue weighted by atomic mass is 32.2. The van der Waals surface area contributed by atoms with Gasteiger partial charge in [-0.15, -0.1) is 0 Å². The third-order valence-electron chi connectivity index (χ3n) is 3.46. The van der Waals surface area contributed by atoms with E-state index in [0.717, 1.165) is 6.20 Å². The SMILES string of the molecule is CCC1(C)NC(=O)N(NC(=O)CSc2nccc(C(F)(F)F)n2)C1=O. The molecule has 12 heteroatoms. The van der Waals surface area contributed by atoms with Crippen LogP contribution in [-0.2, 0) is 15.8 Å². The number of hydrogen-bond acceptors (Lipinski definition) is 6. The zero-order valence-electron chi connectivity index (χ0n) is 13.2. The fraction of sp³-hybridized carbons (Fsp3) is 0.462. The number of urea groups is 1. The maximum absolute atomic E-state index is 12.6. The Labute approximate surface area is 144 Å². The second kappa shape index (κ2) is 6.86. The van der Waals surface area contributed by atoms with Gasteiger partial charge in [0, 0.05) is 6.20 Å². The zero-order chi connectivity index (χ0) is 18.8. The number of carbonyl (C=O) groups is 3. The van der Waals surface area contributed by atoms with Crippen LogP contribution in [0.2, 0.25) is 0 Å². The van der Waals surface area contributed by atoms with Crippen LogP contribution in [0.5, 0.6) is 0 Å². The van der Waals surface area contributed by atoms with Crippen LogP contribution in [0.4, 0.5) is 18.0 Å². The Balaban J connectivity index is 1.96. The minimum absolute atomic E-state index is 0.249. The average Bonchev–Trinajstić information content (AvgIpc) is 2.76. The van der Waals surface area contributed by atoms with E-state index in [0.29, 0.717) is 29.3 Å². The van der Waals surface area contributed by atoms with Gasteiger partial charge >= 0.3 is 12.2 Å². The van der Waals surface area contributed by atoms with E-state index in [4.69, 9.17) is 0 Å². The van der Waals surface area contributed by atoms with E-state index >= 15 is 0 Å². The fourth-order valence-electron chi connectivity index (χ4n) is 1.88. The van der Waals surface area contributed by atoms with Crippen molar-refractivity contribution in [2.45, 2.75) is 37.1 Å². The summed E-state index contributed by atoms with van der Waals surface area (Å²) in [5.41, 5.74) is -0.119. The lowest BCUT2D eigenvalue weighted by atomic mass is 10.00. The highest BCUT2D eigenvalue weighted by molar-refractivity contribution is 7.99. The number of carbonyl (C=O) groups excluding carboxylic acids is 3. The molecule has 136 valence electrons. The first kappa shape index (κ1) is 19.0. The van der Waals surface area contributed by atoms with Gasteiger partial charge in [-0.2, -0.15) is 18.2 Å². The molecule has 1 unspecified atom stereocenters. The van der Waals surface area contributed by atoms with Crippen LogP contribution >= 0.6 is 11.8 Å². The first-order valence-corrected chi connectivity index (χ1v) is 8.04. The fourth-order valence-corrected chi connectivity index (χ4v) is 2.50. The summed E-state index contributed by atoms with van der Waals surface area (Å²) < 4.78 is 37.7. The van der Waals surface area contributed by atoms with E-state index in [1.807, 2.05) is 0 Å². The Bertz CT molecular complexity index is 714. The van der Waals surface area contributed by atoms with Crippen molar-refractivity contribution < 1.29 is 27.6 Å². The Morgan fingerprint density at radius 1 is 1.44 bits per heavy atom. The molecule has 0 spiro atoms. The number of thioether (sulfide) groups is 1. The molecule has 2 rings (SSSR count). The topological polar surface area (TPSA) is 104 Å². The van der Waals surface area contributed by atoms with Crippen LogP contribution < -0.4 is 10.7 Å². The first-order valence-electron chi connectivity index (χ1n) is 7.06. The number of hydrazine groups is 1. The van der Waals surface area contributed by atoms with Gasteiger partial charge < -0.3 is 5.32 Å². The summed E-state index contributed by atoms with van der Waals surface area (Å²) in [6.07, 6.45) is -3.36. The van der Waals surface area contributed by atoms with Crippen molar-refractivity contribution in [1.29, 1.82) is 0 Å². The van der Waals surface area contributed by atoms with Crippen molar-refractivity contribution in [2.24, 2.45) is 0 Å². The van der Waals surface area contributed by atoms with Gasteiger partial charge in [0.15, 0.2) is 5.16 Å². The molecule has 8 nitrogen and oxygen atoms in total. The predicted octanol–water partition coefficient (Wildman–Crippen LogP) is 1.34. The monoisotopic (exact) mass is 377 g/mol. The molecule has 0 bridgehead atoms. The summed E-state index contributed by atoms with van der Waals surface area (Å²) in [7, 11) is 0. The second-order valence-electron chi connectivity index (χ2n) is 5.30.